The zero-order chi connectivity index (χ0) is 50.6. The topological polar surface area (TPSA) is 221 Å². The molecule has 386 valence electrons. The fourth-order valence-corrected chi connectivity index (χ4v) is 7.36. The van der Waals surface area contributed by atoms with Gasteiger partial charge in [0.2, 0.25) is 24.1 Å². The van der Waals surface area contributed by atoms with Crippen molar-refractivity contribution in [2.24, 2.45) is 29.6 Å². The summed E-state index contributed by atoms with van der Waals surface area (Å²) in [5, 5.41) is 15.7. The fourth-order valence-electron chi connectivity index (χ4n) is 6.83. The molecule has 0 spiro atoms. The SMILES string of the molecule is CC(C)C.CC(C)C(C)N(C)CCOCCOCCOCCON.CCC(C)C(C(CC(=O)N1CCCC1C(OC)C(C)C(=O)NCC(=O)O)OC)N(C)C(=O)CNC=O.Cc1cccs1. The summed E-state index contributed by atoms with van der Waals surface area (Å²) in [6.07, 6.45) is 1.41. The average molecular weight is 963 g/mol. The summed E-state index contributed by atoms with van der Waals surface area (Å²) >= 11 is 1.78. The molecular weight excluding hydrogens is 873 g/mol. The number of likely N-dealkylation sites (N-methyl/N-ethyl adjacent to an activating group) is 2. The summed E-state index contributed by atoms with van der Waals surface area (Å²) in [6.45, 7) is 25.7. The summed E-state index contributed by atoms with van der Waals surface area (Å²) in [6, 6.07) is 3.98. The third-order valence-electron chi connectivity index (χ3n) is 11.1. The second-order valence-corrected chi connectivity index (χ2v) is 18.5. The number of amides is 4. The minimum atomic E-state index is -1.14. The number of carboxylic acids is 1. The Labute approximate surface area is 401 Å². The quantitative estimate of drug-likeness (QED) is 0.0475. The van der Waals surface area contributed by atoms with Crippen molar-refractivity contribution >= 4 is 41.4 Å². The number of rotatable bonds is 30. The number of likely N-dealkylation sites (tertiary alicyclic amines) is 1. The van der Waals surface area contributed by atoms with E-state index in [4.69, 9.17) is 34.7 Å². The molecule has 0 aromatic carbocycles. The summed E-state index contributed by atoms with van der Waals surface area (Å²) in [4.78, 5) is 71.3. The zero-order valence-electron chi connectivity index (χ0n) is 42.9. The summed E-state index contributed by atoms with van der Waals surface area (Å²) in [5.41, 5.74) is 0. The van der Waals surface area contributed by atoms with Crippen LogP contribution in [-0.2, 0) is 52.5 Å². The van der Waals surface area contributed by atoms with Crippen LogP contribution in [0, 0.1) is 30.6 Å². The molecule has 5 N–H and O–H groups in total. The van der Waals surface area contributed by atoms with Gasteiger partial charge in [-0.15, -0.1) is 11.3 Å². The Morgan fingerprint density at radius 3 is 1.94 bits per heavy atom. The van der Waals surface area contributed by atoms with Gasteiger partial charge in [-0.05, 0) is 62.9 Å². The highest BCUT2D eigenvalue weighted by molar-refractivity contribution is 7.09. The van der Waals surface area contributed by atoms with Crippen LogP contribution in [0.1, 0.15) is 92.9 Å². The van der Waals surface area contributed by atoms with Gasteiger partial charge in [0.05, 0.1) is 89.4 Å². The number of methoxy groups -OCH3 is 2. The van der Waals surface area contributed by atoms with E-state index in [1.807, 2.05) is 13.8 Å². The number of aliphatic carboxylic acids is 1. The standard InChI is InChI=1S/C24H42N4O8.C14H32N2O4.C5H6S.C4H10/c1-7-15(2)22(27(4)20(31)12-25-14-29)18(35-5)11-19(30)28-10-8-9-17(28)23(36-6)16(3)24(34)26-13-21(32)33;1-13(2)14(3)16(4)5-6-17-7-8-18-9-10-19-11-12-20-15;1-5-3-2-4-6-5;1-4(2)3/h14-18,22-23H,7-13H2,1-6H3,(H,25,29)(H,26,34)(H,32,33);13-14H,5-12,15H2,1-4H3;2-4H,1H3;4H,1-3H3. The van der Waals surface area contributed by atoms with Crippen molar-refractivity contribution < 1.29 is 57.6 Å². The first-order valence-corrected chi connectivity index (χ1v) is 24.2. The number of ether oxygens (including phenoxy) is 5. The Balaban J connectivity index is 0. The molecule has 0 bridgehead atoms. The number of nitrogens with one attached hydrogen (secondary N) is 2. The van der Waals surface area contributed by atoms with Gasteiger partial charge in [-0.25, -0.2) is 5.90 Å². The lowest BCUT2D eigenvalue weighted by Gasteiger charge is -2.39. The number of thiophene rings is 1. The molecule has 1 aromatic rings. The predicted octanol–water partition coefficient (Wildman–Crippen LogP) is 4.48. The van der Waals surface area contributed by atoms with Crippen molar-refractivity contribution in [3.8, 4) is 0 Å². The van der Waals surface area contributed by atoms with Gasteiger partial charge in [-0.1, -0.05) is 67.9 Å². The van der Waals surface area contributed by atoms with Crippen LogP contribution >= 0.6 is 11.3 Å². The summed E-state index contributed by atoms with van der Waals surface area (Å²) < 4.78 is 27.5. The Bertz CT molecular complexity index is 1390. The molecule has 1 aliphatic heterocycles. The predicted molar refractivity (Wildman–Crippen MR) is 260 cm³/mol. The molecule has 1 saturated heterocycles. The zero-order valence-corrected chi connectivity index (χ0v) is 43.7. The normalized spacial score (nSPS) is 16.0. The molecule has 7 atom stereocenters. The van der Waals surface area contributed by atoms with Gasteiger partial charge < -0.3 is 59.0 Å². The monoisotopic (exact) mass is 963 g/mol. The van der Waals surface area contributed by atoms with Crippen molar-refractivity contribution in [3.05, 3.63) is 22.4 Å². The van der Waals surface area contributed by atoms with E-state index in [0.29, 0.717) is 71.0 Å². The first kappa shape index (κ1) is 64.8. The molecule has 19 heteroatoms. The van der Waals surface area contributed by atoms with E-state index in [-0.39, 0.29) is 36.7 Å². The van der Waals surface area contributed by atoms with Crippen LogP contribution in [0.2, 0.25) is 0 Å². The van der Waals surface area contributed by atoms with Crippen molar-refractivity contribution in [2.45, 2.75) is 125 Å². The number of hydrogen-bond acceptors (Lipinski definition) is 14. The van der Waals surface area contributed by atoms with Crippen LogP contribution in [0.3, 0.4) is 0 Å². The van der Waals surface area contributed by atoms with Gasteiger partial charge in [0.1, 0.15) is 6.54 Å². The molecule has 0 aliphatic carbocycles. The van der Waals surface area contributed by atoms with Gasteiger partial charge in [0, 0.05) is 45.3 Å². The lowest BCUT2D eigenvalue weighted by molar-refractivity contribution is -0.146. The maximum atomic E-state index is 13.5. The first-order valence-electron chi connectivity index (χ1n) is 23.3. The van der Waals surface area contributed by atoms with Crippen LogP contribution in [-0.4, -0.2) is 181 Å². The molecule has 1 fully saturated rings. The molecule has 18 nitrogen and oxygen atoms in total. The van der Waals surface area contributed by atoms with E-state index in [1.165, 1.54) is 24.0 Å². The highest BCUT2D eigenvalue weighted by atomic mass is 32.1. The molecule has 0 radical (unpaired) electrons. The van der Waals surface area contributed by atoms with Crippen molar-refractivity contribution in [1.82, 2.24) is 25.3 Å². The minimum absolute atomic E-state index is 0.0204. The second kappa shape index (κ2) is 39.7. The number of carbonyl (C=O) groups excluding carboxylic acids is 4. The molecule has 66 heavy (non-hydrogen) atoms. The molecule has 1 aromatic heterocycles. The lowest BCUT2D eigenvalue weighted by atomic mass is 9.90. The molecule has 4 amide bonds. The Hall–Kier alpha value is -3.27. The fraction of sp³-hybridized carbons (Fsp3) is 0.809. The Morgan fingerprint density at radius 2 is 1.50 bits per heavy atom. The van der Waals surface area contributed by atoms with E-state index >= 15 is 0 Å². The van der Waals surface area contributed by atoms with Crippen LogP contribution in [0.4, 0.5) is 0 Å². The second-order valence-electron chi connectivity index (χ2n) is 17.4. The third-order valence-corrected chi connectivity index (χ3v) is 11.9. The third kappa shape index (κ3) is 29.5. The van der Waals surface area contributed by atoms with E-state index in [9.17, 15) is 24.0 Å². The first-order chi connectivity index (χ1) is 31.2. The lowest BCUT2D eigenvalue weighted by Crippen LogP contribution is -2.54. The van der Waals surface area contributed by atoms with Crippen LogP contribution in [0.25, 0.3) is 0 Å². The van der Waals surface area contributed by atoms with Crippen LogP contribution in [0.15, 0.2) is 17.5 Å². The van der Waals surface area contributed by atoms with Gasteiger partial charge in [0.25, 0.3) is 0 Å². The minimum Gasteiger partial charge on any atom is -0.480 e. The smallest absolute Gasteiger partial charge is 0.322 e. The molecule has 0 saturated carbocycles. The highest BCUT2D eigenvalue weighted by Crippen LogP contribution is 2.29. The molecule has 7 unspecified atom stereocenters. The van der Waals surface area contributed by atoms with E-state index in [0.717, 1.165) is 31.9 Å². The maximum absolute atomic E-state index is 13.5. The van der Waals surface area contributed by atoms with Gasteiger partial charge in [-0.2, -0.15) is 0 Å². The van der Waals surface area contributed by atoms with Crippen LogP contribution in [0.5, 0.6) is 0 Å². The molecule has 2 rings (SSSR count). The number of nitrogens with zero attached hydrogens (tertiary/aromatic N) is 3. The average Bonchev–Trinajstić information content (AvgIpc) is 3.98. The number of carboxylic acid groups (broad SMARTS) is 1. The Kier molecular flexibility index (Phi) is 39.0. The van der Waals surface area contributed by atoms with Crippen LogP contribution < -0.4 is 16.5 Å². The van der Waals surface area contributed by atoms with Crippen molar-refractivity contribution in [2.75, 3.05) is 101 Å². The molecule has 2 heterocycles. The van der Waals surface area contributed by atoms with Gasteiger partial charge in [-0.3, -0.25) is 24.0 Å². The van der Waals surface area contributed by atoms with Crippen molar-refractivity contribution in [1.29, 1.82) is 0 Å². The summed E-state index contributed by atoms with van der Waals surface area (Å²) in [5.74, 6) is 3.63. The number of nitrogens with two attached hydrogens (primary N) is 1. The number of aryl methyl sites for hydroxylation is 1. The van der Waals surface area contributed by atoms with E-state index in [2.05, 4.69) is 93.4 Å². The number of carbonyl (C=O) groups is 5. The van der Waals surface area contributed by atoms with Gasteiger partial charge >= 0.3 is 5.97 Å². The Morgan fingerprint density at radius 1 is 0.924 bits per heavy atom. The van der Waals surface area contributed by atoms with Crippen molar-refractivity contribution in [3.63, 3.8) is 0 Å². The highest BCUT2D eigenvalue weighted by Gasteiger charge is 2.42. The maximum Gasteiger partial charge on any atom is 0.322 e. The van der Waals surface area contributed by atoms with E-state index < -0.39 is 42.6 Å². The molecule has 1 aliphatic rings. The van der Waals surface area contributed by atoms with Gasteiger partial charge in [0.15, 0.2) is 0 Å². The largest absolute Gasteiger partial charge is 0.480 e. The van der Waals surface area contributed by atoms with E-state index in [1.54, 1.807) is 30.2 Å². The summed E-state index contributed by atoms with van der Waals surface area (Å²) in [7, 11) is 6.74. The number of hydrogen-bond donors (Lipinski definition) is 4. The molecular formula is C47H90N6O12S.